The highest BCUT2D eigenvalue weighted by Gasteiger charge is 2.33. The second-order valence-corrected chi connectivity index (χ2v) is 4.64. The van der Waals surface area contributed by atoms with Crippen LogP contribution in [0.5, 0.6) is 5.75 Å². The van der Waals surface area contributed by atoms with Gasteiger partial charge in [0.05, 0.1) is 18.4 Å². The van der Waals surface area contributed by atoms with E-state index < -0.39 is 7.12 Å². The molecule has 0 fully saturated rings. The minimum Gasteiger partial charge on any atom is -0.485 e. The van der Waals surface area contributed by atoms with E-state index in [-0.39, 0.29) is 12.4 Å². The van der Waals surface area contributed by atoms with E-state index in [0.717, 1.165) is 5.56 Å². The van der Waals surface area contributed by atoms with Gasteiger partial charge >= 0.3 is 7.12 Å². The first-order chi connectivity index (χ1) is 9.66. The van der Waals surface area contributed by atoms with Crippen molar-refractivity contribution >= 4 is 18.4 Å². The smallest absolute Gasteiger partial charge is 0.485 e. The molecular weight excluding hydrogens is 259 g/mol. The Morgan fingerprint density at radius 3 is 3.00 bits per heavy atom. The Balaban J connectivity index is 2.11. The third-order valence-electron chi connectivity index (χ3n) is 3.14. The van der Waals surface area contributed by atoms with Crippen molar-refractivity contribution in [3.63, 3.8) is 0 Å². The Bertz CT molecular complexity index is 635. The minimum absolute atomic E-state index is 0.0244. The van der Waals surface area contributed by atoms with Gasteiger partial charge in [-0.05, 0) is 30.7 Å². The van der Waals surface area contributed by atoms with Crippen molar-refractivity contribution in [3.05, 3.63) is 36.1 Å². The maximum absolute atomic E-state index is 11.1. The van der Waals surface area contributed by atoms with Crippen LogP contribution in [0.3, 0.4) is 0 Å². The molecule has 0 radical (unpaired) electrons. The van der Waals surface area contributed by atoms with Crippen LogP contribution >= 0.6 is 0 Å². The van der Waals surface area contributed by atoms with E-state index in [9.17, 15) is 9.82 Å². The molecule has 1 aliphatic heterocycles. The van der Waals surface area contributed by atoms with E-state index in [1.807, 2.05) is 6.07 Å². The number of rotatable bonds is 4. The number of Topliss-reactive ketones (excluding diaryl/α,β-unsaturated/α-hetero) is 1. The minimum atomic E-state index is -1.01. The highest BCUT2D eigenvalue weighted by Crippen LogP contribution is 2.32. The number of ketones is 1. The molecule has 1 aliphatic rings. The molecule has 2 aromatic rings. The second kappa shape index (κ2) is 5.15. The summed E-state index contributed by atoms with van der Waals surface area (Å²) in [6.45, 7) is 1.78. The maximum atomic E-state index is 11.1. The molecule has 5 nitrogen and oxygen atoms in total. The highest BCUT2D eigenvalue weighted by molar-refractivity contribution is 6.63. The molecule has 1 N–H and O–H groups in total. The topological polar surface area (TPSA) is 68.9 Å². The molecule has 0 amide bonds. The molecular formula is C14H13BO5. The highest BCUT2D eigenvalue weighted by atomic mass is 16.5. The van der Waals surface area contributed by atoms with Crippen LogP contribution in [0.1, 0.15) is 12.5 Å². The summed E-state index contributed by atoms with van der Waals surface area (Å²) >= 11 is 0. The Morgan fingerprint density at radius 2 is 2.30 bits per heavy atom. The van der Waals surface area contributed by atoms with Crippen LogP contribution in [0.4, 0.5) is 0 Å². The zero-order valence-electron chi connectivity index (χ0n) is 11.0. The van der Waals surface area contributed by atoms with Gasteiger partial charge in [-0.15, -0.1) is 0 Å². The molecule has 0 bridgehead atoms. The first kappa shape index (κ1) is 13.0. The summed E-state index contributed by atoms with van der Waals surface area (Å²) in [4.78, 5) is 11.1. The Labute approximate surface area is 116 Å². The molecule has 1 aromatic heterocycles. The molecule has 102 valence electrons. The van der Waals surface area contributed by atoms with Gasteiger partial charge in [0, 0.05) is 5.46 Å². The zero-order valence-corrected chi connectivity index (χ0v) is 11.0. The Kier molecular flexibility index (Phi) is 3.34. The van der Waals surface area contributed by atoms with Crippen LogP contribution in [-0.2, 0) is 16.1 Å². The molecule has 6 heteroatoms. The lowest BCUT2D eigenvalue weighted by atomic mass is 9.75. The molecule has 0 saturated heterocycles. The van der Waals surface area contributed by atoms with E-state index in [4.69, 9.17) is 13.8 Å². The molecule has 20 heavy (non-hydrogen) atoms. The van der Waals surface area contributed by atoms with Crippen molar-refractivity contribution in [2.45, 2.75) is 13.5 Å². The van der Waals surface area contributed by atoms with E-state index >= 15 is 0 Å². The van der Waals surface area contributed by atoms with Crippen molar-refractivity contribution in [2.24, 2.45) is 0 Å². The standard InChI is InChI=1S/C14H13BO5/c1-9(16)7-19-12-5-4-10-8-20-15(17)14(10)13(12)11-3-2-6-18-11/h2-6,17H,7-8H2,1H3. The van der Waals surface area contributed by atoms with Gasteiger partial charge < -0.3 is 18.8 Å². The number of carbonyl (C=O) groups excluding carboxylic acids is 1. The number of carbonyl (C=O) groups is 1. The number of ether oxygens (including phenoxy) is 1. The molecule has 0 atom stereocenters. The maximum Gasteiger partial charge on any atom is 0.492 e. The lowest BCUT2D eigenvalue weighted by molar-refractivity contribution is -0.118. The van der Waals surface area contributed by atoms with Crippen LogP contribution in [-0.4, -0.2) is 24.5 Å². The van der Waals surface area contributed by atoms with E-state index in [0.29, 0.717) is 29.1 Å². The average molecular weight is 272 g/mol. The van der Waals surface area contributed by atoms with Crippen molar-refractivity contribution in [1.82, 2.24) is 0 Å². The Hall–Kier alpha value is -2.05. The van der Waals surface area contributed by atoms with E-state index in [1.165, 1.54) is 6.92 Å². The average Bonchev–Trinajstić information content (AvgIpc) is 3.06. The fraction of sp³-hybridized carbons (Fsp3) is 0.214. The molecule has 0 unspecified atom stereocenters. The van der Waals surface area contributed by atoms with Crippen molar-refractivity contribution < 1.29 is 23.6 Å². The molecule has 0 saturated carbocycles. The summed E-state index contributed by atoms with van der Waals surface area (Å²) in [6.07, 6.45) is 1.55. The van der Waals surface area contributed by atoms with Crippen molar-refractivity contribution in [2.75, 3.05) is 6.61 Å². The zero-order chi connectivity index (χ0) is 14.1. The summed E-state index contributed by atoms with van der Waals surface area (Å²) in [6, 6.07) is 7.13. The van der Waals surface area contributed by atoms with Crippen LogP contribution in [0, 0.1) is 0 Å². The molecule has 0 aliphatic carbocycles. The lowest BCUT2D eigenvalue weighted by Crippen LogP contribution is -2.30. The van der Waals surface area contributed by atoms with Crippen LogP contribution in [0.2, 0.25) is 0 Å². The molecule has 0 spiro atoms. The largest absolute Gasteiger partial charge is 0.492 e. The predicted octanol–water partition coefficient (Wildman–Crippen LogP) is 1.13. The fourth-order valence-electron chi connectivity index (χ4n) is 2.28. The summed E-state index contributed by atoms with van der Waals surface area (Å²) in [5.41, 5.74) is 2.17. The van der Waals surface area contributed by atoms with Gasteiger partial charge in [-0.3, -0.25) is 4.79 Å². The van der Waals surface area contributed by atoms with Crippen LogP contribution < -0.4 is 10.2 Å². The first-order valence-electron chi connectivity index (χ1n) is 6.28. The van der Waals surface area contributed by atoms with Gasteiger partial charge in [-0.1, -0.05) is 6.07 Å². The number of benzene rings is 1. The summed E-state index contributed by atoms with van der Waals surface area (Å²) in [5, 5.41) is 9.98. The summed E-state index contributed by atoms with van der Waals surface area (Å²) in [5.74, 6) is 0.996. The van der Waals surface area contributed by atoms with Gasteiger partial charge in [0.1, 0.15) is 18.1 Å². The normalized spacial score (nSPS) is 13.4. The Morgan fingerprint density at radius 1 is 1.45 bits per heavy atom. The van der Waals surface area contributed by atoms with Gasteiger partial charge in [0.2, 0.25) is 0 Å². The third kappa shape index (κ3) is 2.24. The monoisotopic (exact) mass is 272 g/mol. The molecule has 3 rings (SSSR count). The SMILES string of the molecule is CC(=O)COc1ccc2c(c1-c1ccco1)B(O)OC2. The van der Waals surface area contributed by atoms with Crippen molar-refractivity contribution in [1.29, 1.82) is 0 Å². The van der Waals surface area contributed by atoms with Crippen LogP contribution in [0.15, 0.2) is 34.9 Å². The number of fused-ring (bicyclic) bond motifs is 1. The molecule has 1 aromatic carbocycles. The summed E-state index contributed by atoms with van der Waals surface area (Å²) in [7, 11) is -1.01. The van der Waals surface area contributed by atoms with E-state index in [2.05, 4.69) is 0 Å². The quantitative estimate of drug-likeness (QED) is 0.845. The first-order valence-corrected chi connectivity index (χ1v) is 6.28. The van der Waals surface area contributed by atoms with Gasteiger partial charge in [-0.25, -0.2) is 0 Å². The molecule has 2 heterocycles. The van der Waals surface area contributed by atoms with Crippen molar-refractivity contribution in [3.8, 4) is 17.1 Å². The summed E-state index contributed by atoms with van der Waals surface area (Å²) < 4.78 is 16.2. The number of hydrogen-bond donors (Lipinski definition) is 1. The van der Waals surface area contributed by atoms with E-state index in [1.54, 1.807) is 24.5 Å². The third-order valence-corrected chi connectivity index (χ3v) is 3.14. The van der Waals surface area contributed by atoms with Gasteiger partial charge in [0.25, 0.3) is 0 Å². The van der Waals surface area contributed by atoms with Crippen LogP contribution in [0.25, 0.3) is 11.3 Å². The second-order valence-electron chi connectivity index (χ2n) is 4.64. The van der Waals surface area contributed by atoms with Gasteiger partial charge in [-0.2, -0.15) is 0 Å². The fourth-order valence-corrected chi connectivity index (χ4v) is 2.28. The number of furan rings is 1. The predicted molar refractivity (Wildman–Crippen MR) is 72.7 cm³/mol. The van der Waals surface area contributed by atoms with Gasteiger partial charge in [0.15, 0.2) is 5.78 Å². The number of hydrogen-bond acceptors (Lipinski definition) is 5. The lowest BCUT2D eigenvalue weighted by Gasteiger charge is -2.13.